The van der Waals surface area contributed by atoms with E-state index < -0.39 is 0 Å². The first-order valence-corrected chi connectivity index (χ1v) is 4.59. The summed E-state index contributed by atoms with van der Waals surface area (Å²) in [5.41, 5.74) is 2.23. The molecule has 1 rings (SSSR count). The van der Waals surface area contributed by atoms with E-state index >= 15 is 0 Å². The molecule has 0 amide bonds. The van der Waals surface area contributed by atoms with E-state index in [1.165, 1.54) is 0 Å². The fraction of sp³-hybridized carbons (Fsp3) is 0.455. The summed E-state index contributed by atoms with van der Waals surface area (Å²) in [6.45, 7) is 4.17. The summed E-state index contributed by atoms with van der Waals surface area (Å²) in [6.07, 6.45) is 0. The van der Waals surface area contributed by atoms with Crippen LogP contribution in [-0.4, -0.2) is 14.2 Å². The lowest BCUT2D eigenvalue weighted by molar-refractivity contribution is 0.399. The molecule has 1 aromatic rings. The molecule has 0 saturated carbocycles. The Morgan fingerprint density at radius 3 is 2.50 bits per heavy atom. The summed E-state index contributed by atoms with van der Waals surface area (Å²) in [5, 5.41) is 2.93. The zero-order valence-corrected chi connectivity index (χ0v) is 9.07. The highest BCUT2D eigenvalue weighted by atomic mass is 19.1. The highest BCUT2D eigenvalue weighted by molar-refractivity contribution is 5.44. The van der Waals surface area contributed by atoms with Crippen LogP contribution in [0, 0.1) is 19.7 Å². The van der Waals surface area contributed by atoms with Crippen LogP contribution in [0.3, 0.4) is 0 Å². The van der Waals surface area contributed by atoms with Crippen molar-refractivity contribution in [1.29, 1.82) is 0 Å². The van der Waals surface area contributed by atoms with Crippen LogP contribution < -0.4 is 10.1 Å². The maximum absolute atomic E-state index is 13.7. The second-order valence-electron chi connectivity index (χ2n) is 3.37. The number of aryl methyl sites for hydroxylation is 2. The predicted octanol–water partition coefficient (Wildman–Crippen LogP) is 2.17. The van der Waals surface area contributed by atoms with Crippen LogP contribution in [0.25, 0.3) is 0 Å². The number of nitrogens with one attached hydrogen (secondary N) is 1. The van der Waals surface area contributed by atoms with E-state index in [-0.39, 0.29) is 5.82 Å². The van der Waals surface area contributed by atoms with Crippen LogP contribution >= 0.6 is 0 Å². The average molecular weight is 197 g/mol. The molecule has 0 unspecified atom stereocenters. The van der Waals surface area contributed by atoms with Crippen molar-refractivity contribution in [1.82, 2.24) is 5.32 Å². The number of benzene rings is 1. The quantitative estimate of drug-likeness (QED) is 0.801. The Morgan fingerprint density at radius 1 is 1.36 bits per heavy atom. The molecule has 0 aliphatic carbocycles. The fourth-order valence-corrected chi connectivity index (χ4v) is 1.65. The van der Waals surface area contributed by atoms with Gasteiger partial charge >= 0.3 is 0 Å². The van der Waals surface area contributed by atoms with Crippen molar-refractivity contribution < 1.29 is 9.13 Å². The minimum atomic E-state index is -0.179. The van der Waals surface area contributed by atoms with Gasteiger partial charge in [0, 0.05) is 12.1 Å². The van der Waals surface area contributed by atoms with Gasteiger partial charge in [0.1, 0.15) is 11.6 Å². The Morgan fingerprint density at radius 2 is 2.00 bits per heavy atom. The van der Waals surface area contributed by atoms with Gasteiger partial charge in [-0.25, -0.2) is 4.39 Å². The Bertz CT molecular complexity index is 337. The standard InChI is InChI=1S/C11H16FNO/c1-7-5-8(2)11(14-4)9(6-13-3)10(7)12/h5,13H,6H2,1-4H3. The minimum absolute atomic E-state index is 0.179. The minimum Gasteiger partial charge on any atom is -0.496 e. The van der Waals surface area contributed by atoms with E-state index in [2.05, 4.69) is 5.32 Å². The lowest BCUT2D eigenvalue weighted by atomic mass is 10.0. The third kappa shape index (κ3) is 1.87. The molecule has 3 heteroatoms. The molecule has 0 radical (unpaired) electrons. The summed E-state index contributed by atoms with van der Waals surface area (Å²) in [4.78, 5) is 0. The highest BCUT2D eigenvalue weighted by Gasteiger charge is 2.13. The lowest BCUT2D eigenvalue weighted by Gasteiger charge is -2.13. The van der Waals surface area contributed by atoms with Gasteiger partial charge < -0.3 is 10.1 Å². The lowest BCUT2D eigenvalue weighted by Crippen LogP contribution is -2.10. The van der Waals surface area contributed by atoms with Gasteiger partial charge in [-0.05, 0) is 38.1 Å². The van der Waals surface area contributed by atoms with E-state index in [0.717, 1.165) is 5.56 Å². The molecule has 0 saturated heterocycles. The topological polar surface area (TPSA) is 21.3 Å². The summed E-state index contributed by atoms with van der Waals surface area (Å²) in [6, 6.07) is 1.80. The van der Waals surface area contributed by atoms with Gasteiger partial charge in [0.25, 0.3) is 0 Å². The normalized spacial score (nSPS) is 10.4. The third-order valence-corrected chi connectivity index (χ3v) is 2.23. The molecular formula is C11H16FNO. The second-order valence-corrected chi connectivity index (χ2v) is 3.37. The maximum atomic E-state index is 13.7. The monoisotopic (exact) mass is 197 g/mol. The second kappa shape index (κ2) is 4.42. The number of halogens is 1. The van der Waals surface area contributed by atoms with Crippen LogP contribution in [0.1, 0.15) is 16.7 Å². The number of rotatable bonds is 3. The molecule has 0 spiro atoms. The molecular weight excluding hydrogens is 181 g/mol. The van der Waals surface area contributed by atoms with Gasteiger partial charge in [-0.3, -0.25) is 0 Å². The summed E-state index contributed by atoms with van der Waals surface area (Å²) < 4.78 is 18.9. The molecule has 0 aliphatic rings. The van der Waals surface area contributed by atoms with Crippen LogP contribution in [0.4, 0.5) is 4.39 Å². The molecule has 0 aliphatic heterocycles. The van der Waals surface area contributed by atoms with E-state index in [0.29, 0.717) is 23.4 Å². The molecule has 78 valence electrons. The molecule has 1 aromatic carbocycles. The summed E-state index contributed by atoms with van der Waals surface area (Å²) in [7, 11) is 3.35. The molecule has 0 fully saturated rings. The fourth-order valence-electron chi connectivity index (χ4n) is 1.65. The van der Waals surface area contributed by atoms with E-state index in [1.54, 1.807) is 27.1 Å². The summed E-state index contributed by atoms with van der Waals surface area (Å²) >= 11 is 0. The first kappa shape index (κ1) is 11.0. The highest BCUT2D eigenvalue weighted by Crippen LogP contribution is 2.28. The Labute approximate surface area is 84.1 Å². The summed E-state index contributed by atoms with van der Waals surface area (Å²) in [5.74, 6) is 0.462. The van der Waals surface area contributed by atoms with Crippen LogP contribution in [0.15, 0.2) is 6.07 Å². The number of ether oxygens (including phenoxy) is 1. The molecule has 14 heavy (non-hydrogen) atoms. The predicted molar refractivity (Wildman–Crippen MR) is 55.2 cm³/mol. The zero-order chi connectivity index (χ0) is 10.7. The largest absolute Gasteiger partial charge is 0.496 e. The molecule has 0 heterocycles. The van der Waals surface area contributed by atoms with Crippen molar-refractivity contribution in [2.24, 2.45) is 0 Å². The van der Waals surface area contributed by atoms with E-state index in [9.17, 15) is 4.39 Å². The Hall–Kier alpha value is -1.09. The van der Waals surface area contributed by atoms with Crippen molar-refractivity contribution in [3.63, 3.8) is 0 Å². The van der Waals surface area contributed by atoms with Crippen molar-refractivity contribution in [2.75, 3.05) is 14.2 Å². The van der Waals surface area contributed by atoms with Crippen molar-refractivity contribution in [3.05, 3.63) is 28.6 Å². The van der Waals surface area contributed by atoms with Gasteiger partial charge in [0.05, 0.1) is 7.11 Å². The number of hydrogen-bond donors (Lipinski definition) is 1. The van der Waals surface area contributed by atoms with Crippen molar-refractivity contribution in [2.45, 2.75) is 20.4 Å². The smallest absolute Gasteiger partial charge is 0.134 e. The zero-order valence-electron chi connectivity index (χ0n) is 9.07. The van der Waals surface area contributed by atoms with Crippen LogP contribution in [0.5, 0.6) is 5.75 Å². The van der Waals surface area contributed by atoms with Gasteiger partial charge in [-0.2, -0.15) is 0 Å². The molecule has 0 bridgehead atoms. The van der Waals surface area contributed by atoms with Crippen molar-refractivity contribution >= 4 is 0 Å². The van der Waals surface area contributed by atoms with Crippen molar-refractivity contribution in [3.8, 4) is 5.75 Å². The Balaban J connectivity index is 3.32. The van der Waals surface area contributed by atoms with Gasteiger partial charge in [0.15, 0.2) is 0 Å². The first-order valence-electron chi connectivity index (χ1n) is 4.59. The molecule has 0 aromatic heterocycles. The molecule has 1 N–H and O–H groups in total. The number of hydrogen-bond acceptors (Lipinski definition) is 2. The third-order valence-electron chi connectivity index (χ3n) is 2.23. The van der Waals surface area contributed by atoms with Crippen LogP contribution in [0.2, 0.25) is 0 Å². The Kier molecular flexibility index (Phi) is 3.47. The molecule has 0 atom stereocenters. The van der Waals surface area contributed by atoms with Gasteiger partial charge in [0.2, 0.25) is 0 Å². The maximum Gasteiger partial charge on any atom is 0.134 e. The SMILES string of the molecule is CNCc1c(F)c(C)cc(C)c1OC. The van der Waals surface area contributed by atoms with Crippen LogP contribution in [-0.2, 0) is 6.54 Å². The van der Waals surface area contributed by atoms with Gasteiger partial charge in [-0.15, -0.1) is 0 Å². The first-order chi connectivity index (χ1) is 6.61. The average Bonchev–Trinajstić information content (AvgIpc) is 2.14. The van der Waals surface area contributed by atoms with E-state index in [4.69, 9.17) is 4.74 Å². The van der Waals surface area contributed by atoms with Gasteiger partial charge in [-0.1, -0.05) is 0 Å². The number of methoxy groups -OCH3 is 1. The molecule has 2 nitrogen and oxygen atoms in total. The van der Waals surface area contributed by atoms with E-state index in [1.807, 2.05) is 6.92 Å².